The highest BCUT2D eigenvalue weighted by atomic mass is 79.9. The molecule has 2 rings (SSSR count). The van der Waals surface area contributed by atoms with Crippen molar-refractivity contribution < 1.29 is 23.8 Å². The maximum Gasteiger partial charge on any atom is 0.348 e. The highest BCUT2D eigenvalue weighted by molar-refractivity contribution is 9.10. The van der Waals surface area contributed by atoms with Crippen molar-refractivity contribution in [2.24, 2.45) is 0 Å². The van der Waals surface area contributed by atoms with Crippen molar-refractivity contribution in [3.63, 3.8) is 0 Å². The summed E-state index contributed by atoms with van der Waals surface area (Å²) in [7, 11) is 0. The van der Waals surface area contributed by atoms with Gasteiger partial charge in [0.2, 0.25) is 0 Å². The van der Waals surface area contributed by atoms with Crippen molar-refractivity contribution in [2.45, 2.75) is 46.0 Å². The van der Waals surface area contributed by atoms with E-state index in [-0.39, 0.29) is 24.0 Å². The van der Waals surface area contributed by atoms with E-state index < -0.39 is 11.9 Å². The molecule has 0 saturated carbocycles. The highest BCUT2D eigenvalue weighted by Crippen LogP contribution is 2.31. The predicted octanol–water partition coefficient (Wildman–Crippen LogP) is 5.98. The van der Waals surface area contributed by atoms with Crippen molar-refractivity contribution in [1.29, 1.82) is 5.26 Å². The number of halogens is 1. The standard InChI is InChI=1S/C26H28BrNO5/c1-5-31-25(30)19(17-28)14-18-8-6-9-21(15-18)33-24(29)10-7-13-32-23-12-11-20(16-22(23)27)26(2,3)4/h6,8-9,11-12,14-16H,5,7,10,13H2,1-4H3/b19-14+. The van der Waals surface area contributed by atoms with E-state index in [0.717, 1.165) is 10.2 Å². The van der Waals surface area contributed by atoms with Gasteiger partial charge in [-0.05, 0) is 76.2 Å². The van der Waals surface area contributed by atoms with Crippen LogP contribution in [0.2, 0.25) is 0 Å². The number of carbonyl (C=O) groups excluding carboxylic acids is 2. The fourth-order valence-corrected chi connectivity index (χ4v) is 3.34. The third-order valence-corrected chi connectivity index (χ3v) is 5.22. The van der Waals surface area contributed by atoms with Crippen LogP contribution in [0, 0.1) is 11.3 Å². The van der Waals surface area contributed by atoms with Crippen molar-refractivity contribution in [3.05, 3.63) is 63.6 Å². The molecule has 0 fully saturated rings. The second kappa shape index (κ2) is 12.2. The Morgan fingerprint density at radius 3 is 2.55 bits per heavy atom. The molecule has 0 unspecified atom stereocenters. The minimum atomic E-state index is -0.693. The second-order valence-electron chi connectivity index (χ2n) is 8.28. The molecular formula is C26H28BrNO5. The van der Waals surface area contributed by atoms with Crippen LogP contribution >= 0.6 is 15.9 Å². The van der Waals surface area contributed by atoms with Crippen LogP contribution in [0.25, 0.3) is 6.08 Å². The Balaban J connectivity index is 1.88. The van der Waals surface area contributed by atoms with Gasteiger partial charge in [0.05, 0.1) is 17.7 Å². The zero-order valence-electron chi connectivity index (χ0n) is 19.3. The monoisotopic (exact) mass is 513 g/mol. The lowest BCUT2D eigenvalue weighted by Gasteiger charge is -2.20. The van der Waals surface area contributed by atoms with Gasteiger partial charge in [-0.25, -0.2) is 4.79 Å². The normalized spacial score (nSPS) is 11.5. The molecule has 6 nitrogen and oxygen atoms in total. The summed E-state index contributed by atoms with van der Waals surface area (Å²) < 4.78 is 16.9. The third kappa shape index (κ3) is 8.39. The fraction of sp³-hybridized carbons (Fsp3) is 0.346. The van der Waals surface area contributed by atoms with Gasteiger partial charge < -0.3 is 14.2 Å². The van der Waals surface area contributed by atoms with E-state index in [1.54, 1.807) is 31.2 Å². The summed E-state index contributed by atoms with van der Waals surface area (Å²) in [6, 6.07) is 14.4. The summed E-state index contributed by atoms with van der Waals surface area (Å²) in [6.07, 6.45) is 2.07. The van der Waals surface area contributed by atoms with E-state index in [9.17, 15) is 9.59 Å². The predicted molar refractivity (Wildman–Crippen MR) is 130 cm³/mol. The molecule has 0 saturated heterocycles. The van der Waals surface area contributed by atoms with Gasteiger partial charge in [-0.1, -0.05) is 39.0 Å². The quantitative estimate of drug-likeness (QED) is 0.135. The topological polar surface area (TPSA) is 85.6 Å². The number of hydrogen-bond acceptors (Lipinski definition) is 6. The van der Waals surface area contributed by atoms with Gasteiger partial charge in [-0.15, -0.1) is 0 Å². The number of carbonyl (C=O) groups is 2. The molecule has 0 amide bonds. The summed E-state index contributed by atoms with van der Waals surface area (Å²) >= 11 is 3.54. The molecule has 2 aromatic carbocycles. The Bertz CT molecular complexity index is 1060. The molecule has 174 valence electrons. The van der Waals surface area contributed by atoms with Gasteiger partial charge in [-0.2, -0.15) is 5.26 Å². The molecule has 2 aromatic rings. The van der Waals surface area contributed by atoms with Crippen molar-refractivity contribution in [2.75, 3.05) is 13.2 Å². The van der Waals surface area contributed by atoms with E-state index in [1.165, 1.54) is 11.6 Å². The molecule has 0 aromatic heterocycles. The van der Waals surface area contributed by atoms with Crippen LogP contribution in [-0.2, 0) is 19.7 Å². The average molecular weight is 514 g/mol. The van der Waals surface area contributed by atoms with Crippen molar-refractivity contribution >= 4 is 33.9 Å². The largest absolute Gasteiger partial charge is 0.492 e. The Morgan fingerprint density at radius 2 is 1.91 bits per heavy atom. The molecule has 0 atom stereocenters. The Labute approximate surface area is 203 Å². The molecule has 0 bridgehead atoms. The SMILES string of the molecule is CCOC(=O)/C(C#N)=C/c1cccc(OC(=O)CCCOc2ccc(C(C)(C)C)cc2Br)c1. The number of hydrogen-bond donors (Lipinski definition) is 0. The van der Waals surface area contributed by atoms with Crippen LogP contribution in [0.3, 0.4) is 0 Å². The molecule has 0 heterocycles. The zero-order valence-corrected chi connectivity index (χ0v) is 20.9. The first-order valence-electron chi connectivity index (χ1n) is 10.7. The van der Waals surface area contributed by atoms with E-state index in [2.05, 4.69) is 36.7 Å². The summed E-state index contributed by atoms with van der Waals surface area (Å²) in [6.45, 7) is 8.66. The van der Waals surface area contributed by atoms with E-state index >= 15 is 0 Å². The van der Waals surface area contributed by atoms with Crippen LogP contribution in [-0.4, -0.2) is 25.2 Å². The Hall–Kier alpha value is -3.11. The van der Waals surface area contributed by atoms with Crippen LogP contribution in [0.1, 0.15) is 51.7 Å². The van der Waals surface area contributed by atoms with E-state index in [0.29, 0.717) is 24.3 Å². The van der Waals surface area contributed by atoms with Crippen molar-refractivity contribution in [1.82, 2.24) is 0 Å². The van der Waals surface area contributed by atoms with Gasteiger partial charge in [0, 0.05) is 6.42 Å². The molecule has 0 aliphatic rings. The smallest absolute Gasteiger partial charge is 0.348 e. The minimum Gasteiger partial charge on any atom is -0.492 e. The number of ether oxygens (including phenoxy) is 3. The molecular weight excluding hydrogens is 486 g/mol. The molecule has 0 spiro atoms. The average Bonchev–Trinajstić information content (AvgIpc) is 2.75. The maximum absolute atomic E-state index is 12.2. The number of nitriles is 1. The van der Waals surface area contributed by atoms with Crippen LogP contribution < -0.4 is 9.47 Å². The zero-order chi connectivity index (χ0) is 24.4. The molecule has 0 aliphatic heterocycles. The lowest BCUT2D eigenvalue weighted by Crippen LogP contribution is -2.11. The number of benzene rings is 2. The van der Waals surface area contributed by atoms with Crippen LogP contribution in [0.5, 0.6) is 11.5 Å². The number of esters is 2. The van der Waals surface area contributed by atoms with E-state index in [4.69, 9.17) is 19.5 Å². The van der Waals surface area contributed by atoms with Gasteiger partial charge in [0.25, 0.3) is 0 Å². The number of nitrogens with zero attached hydrogens (tertiary/aromatic N) is 1. The van der Waals surface area contributed by atoms with Gasteiger partial charge in [-0.3, -0.25) is 4.79 Å². The highest BCUT2D eigenvalue weighted by Gasteiger charge is 2.15. The molecule has 0 aliphatic carbocycles. The Morgan fingerprint density at radius 1 is 1.15 bits per heavy atom. The summed E-state index contributed by atoms with van der Waals surface area (Å²) in [5.74, 6) is -0.0306. The third-order valence-electron chi connectivity index (χ3n) is 4.60. The van der Waals surface area contributed by atoms with Gasteiger partial charge in [0.1, 0.15) is 23.1 Å². The first-order chi connectivity index (χ1) is 15.6. The Kier molecular flexibility index (Phi) is 9.68. The first-order valence-corrected chi connectivity index (χ1v) is 11.5. The van der Waals surface area contributed by atoms with Crippen LogP contribution in [0.15, 0.2) is 52.5 Å². The van der Waals surface area contributed by atoms with E-state index in [1.807, 2.05) is 24.3 Å². The lowest BCUT2D eigenvalue weighted by molar-refractivity contribution is -0.138. The summed E-state index contributed by atoms with van der Waals surface area (Å²) in [4.78, 5) is 24.0. The van der Waals surface area contributed by atoms with Crippen molar-refractivity contribution in [3.8, 4) is 17.6 Å². The molecule has 0 radical (unpaired) electrons. The second-order valence-corrected chi connectivity index (χ2v) is 9.14. The van der Waals surface area contributed by atoms with Crippen LogP contribution in [0.4, 0.5) is 0 Å². The maximum atomic E-state index is 12.2. The lowest BCUT2D eigenvalue weighted by atomic mass is 9.87. The number of rotatable bonds is 9. The molecule has 33 heavy (non-hydrogen) atoms. The molecule has 7 heteroatoms. The van der Waals surface area contributed by atoms with Gasteiger partial charge >= 0.3 is 11.9 Å². The molecule has 0 N–H and O–H groups in total. The summed E-state index contributed by atoms with van der Waals surface area (Å²) in [5.41, 5.74) is 1.68. The fourth-order valence-electron chi connectivity index (χ4n) is 2.85. The first kappa shape index (κ1) is 26.1. The minimum absolute atomic E-state index is 0.0485. The summed E-state index contributed by atoms with van der Waals surface area (Å²) in [5, 5.41) is 9.15. The van der Waals surface area contributed by atoms with Gasteiger partial charge in [0.15, 0.2) is 0 Å².